The Morgan fingerprint density at radius 2 is 2.11 bits per heavy atom. The number of aliphatic carboxylic acids is 1. The number of hydrogen-bond acceptors (Lipinski definition) is 5. The number of hydrogen-bond donors (Lipinski definition) is 4. The topological polar surface area (TPSA) is 141 Å². The lowest BCUT2D eigenvalue weighted by atomic mass is 10.2. The summed E-state index contributed by atoms with van der Waals surface area (Å²) in [5.74, 6) is -1.76. The third kappa shape index (κ3) is 4.76. The lowest BCUT2D eigenvalue weighted by Gasteiger charge is -2.13. The van der Waals surface area contributed by atoms with E-state index in [1.807, 2.05) is 4.98 Å². The summed E-state index contributed by atoms with van der Waals surface area (Å²) in [6, 6.07) is 0.926. The Balaban J connectivity index is 2.66. The van der Waals surface area contributed by atoms with Crippen LogP contribution in [0.4, 0.5) is 0 Å². The summed E-state index contributed by atoms with van der Waals surface area (Å²) in [7, 11) is 1.31. The molecule has 1 unspecified atom stereocenters. The standard InChI is InChI=1S/C10H13N3O6/c1-19-5(2-8(15)16)4-11-9(17)6-3-7(14)13-10(18)12-6/h3,5H,2,4H2,1H3,(H,11,17)(H,15,16)(H2,12,13,14,18). The Morgan fingerprint density at radius 3 is 2.63 bits per heavy atom. The average molecular weight is 271 g/mol. The fourth-order valence-electron chi connectivity index (χ4n) is 1.33. The van der Waals surface area contributed by atoms with Crippen molar-refractivity contribution in [2.75, 3.05) is 13.7 Å². The summed E-state index contributed by atoms with van der Waals surface area (Å²) in [4.78, 5) is 48.1. The van der Waals surface area contributed by atoms with Crippen molar-refractivity contribution < 1.29 is 19.4 Å². The first-order valence-electron chi connectivity index (χ1n) is 5.29. The maximum Gasteiger partial charge on any atom is 0.326 e. The first kappa shape index (κ1) is 14.6. The van der Waals surface area contributed by atoms with Crippen molar-refractivity contribution >= 4 is 11.9 Å². The molecule has 0 bridgehead atoms. The second-order valence-corrected chi connectivity index (χ2v) is 3.67. The average Bonchev–Trinajstić information content (AvgIpc) is 2.32. The molecule has 104 valence electrons. The molecular formula is C10H13N3O6. The number of aromatic amines is 2. The molecule has 19 heavy (non-hydrogen) atoms. The van der Waals surface area contributed by atoms with Gasteiger partial charge in [-0.25, -0.2) is 4.79 Å². The van der Waals surface area contributed by atoms with Crippen molar-refractivity contribution in [3.05, 3.63) is 32.6 Å². The molecule has 9 heteroatoms. The summed E-state index contributed by atoms with van der Waals surface area (Å²) in [5.41, 5.74) is -1.71. The van der Waals surface area contributed by atoms with Crippen LogP contribution < -0.4 is 16.6 Å². The molecule has 0 saturated heterocycles. The van der Waals surface area contributed by atoms with Crippen LogP contribution in [-0.4, -0.2) is 46.7 Å². The number of ether oxygens (including phenoxy) is 1. The molecule has 1 heterocycles. The van der Waals surface area contributed by atoms with E-state index in [1.54, 1.807) is 0 Å². The quantitative estimate of drug-likeness (QED) is 0.485. The number of aromatic nitrogens is 2. The van der Waals surface area contributed by atoms with E-state index in [4.69, 9.17) is 9.84 Å². The van der Waals surface area contributed by atoms with E-state index in [9.17, 15) is 19.2 Å². The van der Waals surface area contributed by atoms with Gasteiger partial charge in [-0.1, -0.05) is 0 Å². The van der Waals surface area contributed by atoms with E-state index >= 15 is 0 Å². The Bertz CT molecular complexity index is 547. The lowest BCUT2D eigenvalue weighted by molar-refractivity contribution is -0.139. The fraction of sp³-hybridized carbons (Fsp3) is 0.400. The number of rotatable bonds is 6. The Hall–Kier alpha value is -2.42. The van der Waals surface area contributed by atoms with Crippen molar-refractivity contribution in [2.45, 2.75) is 12.5 Å². The van der Waals surface area contributed by atoms with Crippen molar-refractivity contribution in [2.24, 2.45) is 0 Å². The van der Waals surface area contributed by atoms with Crippen LogP contribution >= 0.6 is 0 Å². The first-order valence-corrected chi connectivity index (χ1v) is 5.29. The summed E-state index contributed by atoms with van der Waals surface area (Å²) in [6.45, 7) is -0.0591. The molecule has 1 aromatic heterocycles. The van der Waals surface area contributed by atoms with Crippen molar-refractivity contribution in [3.8, 4) is 0 Å². The zero-order valence-electron chi connectivity index (χ0n) is 10.1. The summed E-state index contributed by atoms with van der Waals surface area (Å²) in [6.07, 6.45) is -0.974. The highest BCUT2D eigenvalue weighted by Crippen LogP contribution is 1.96. The monoisotopic (exact) mass is 271 g/mol. The van der Waals surface area contributed by atoms with Gasteiger partial charge in [0.1, 0.15) is 5.69 Å². The van der Waals surface area contributed by atoms with Gasteiger partial charge in [0, 0.05) is 19.7 Å². The van der Waals surface area contributed by atoms with E-state index in [2.05, 4.69) is 10.3 Å². The predicted octanol–water partition coefficient (Wildman–Crippen LogP) is -1.72. The maximum absolute atomic E-state index is 11.6. The molecule has 1 rings (SSSR count). The largest absolute Gasteiger partial charge is 0.481 e. The highest BCUT2D eigenvalue weighted by Gasteiger charge is 2.15. The maximum atomic E-state index is 11.6. The van der Waals surface area contributed by atoms with Crippen molar-refractivity contribution in [1.29, 1.82) is 0 Å². The zero-order valence-corrected chi connectivity index (χ0v) is 10.1. The minimum Gasteiger partial charge on any atom is -0.481 e. The SMILES string of the molecule is COC(CNC(=O)c1cc(=O)[nH]c(=O)[nH]1)CC(=O)O. The van der Waals surface area contributed by atoms with Crippen molar-refractivity contribution in [3.63, 3.8) is 0 Å². The summed E-state index contributed by atoms with van der Waals surface area (Å²) in [5, 5.41) is 10.9. The fourth-order valence-corrected chi connectivity index (χ4v) is 1.33. The molecule has 0 spiro atoms. The van der Waals surface area contributed by atoms with Gasteiger partial charge in [-0.3, -0.25) is 19.4 Å². The molecular weight excluding hydrogens is 258 g/mol. The van der Waals surface area contributed by atoms with Gasteiger partial charge in [-0.15, -0.1) is 0 Å². The minimum atomic E-state index is -1.06. The number of amides is 1. The number of carbonyl (C=O) groups excluding carboxylic acids is 1. The number of methoxy groups -OCH3 is 1. The number of carbonyl (C=O) groups is 2. The summed E-state index contributed by atoms with van der Waals surface area (Å²) < 4.78 is 4.86. The van der Waals surface area contributed by atoms with Gasteiger partial charge in [0.05, 0.1) is 12.5 Å². The van der Waals surface area contributed by atoms with Crippen LogP contribution in [-0.2, 0) is 9.53 Å². The Labute approximate surface area is 106 Å². The van der Waals surface area contributed by atoms with Gasteiger partial charge in [-0.2, -0.15) is 0 Å². The highest BCUT2D eigenvalue weighted by molar-refractivity contribution is 5.92. The molecule has 0 aliphatic rings. The van der Waals surface area contributed by atoms with E-state index in [1.165, 1.54) is 7.11 Å². The number of nitrogens with one attached hydrogen (secondary N) is 3. The molecule has 1 atom stereocenters. The van der Waals surface area contributed by atoms with E-state index in [0.29, 0.717) is 0 Å². The minimum absolute atomic E-state index is 0.0591. The smallest absolute Gasteiger partial charge is 0.326 e. The van der Waals surface area contributed by atoms with Crippen LogP contribution in [0.25, 0.3) is 0 Å². The second kappa shape index (κ2) is 6.50. The molecule has 0 saturated carbocycles. The molecule has 4 N–H and O–H groups in total. The summed E-state index contributed by atoms with van der Waals surface area (Å²) >= 11 is 0. The molecule has 0 fully saturated rings. The highest BCUT2D eigenvalue weighted by atomic mass is 16.5. The molecule has 1 aromatic rings. The molecule has 0 aliphatic heterocycles. The lowest BCUT2D eigenvalue weighted by Crippen LogP contribution is -2.36. The van der Waals surface area contributed by atoms with Crippen molar-refractivity contribution in [1.82, 2.24) is 15.3 Å². The van der Waals surface area contributed by atoms with Gasteiger partial charge in [-0.05, 0) is 0 Å². The van der Waals surface area contributed by atoms with Gasteiger partial charge in [0.2, 0.25) is 0 Å². The van der Waals surface area contributed by atoms with E-state index in [0.717, 1.165) is 6.07 Å². The number of carboxylic acids is 1. The molecule has 0 aromatic carbocycles. The van der Waals surface area contributed by atoms with Gasteiger partial charge >= 0.3 is 11.7 Å². The normalized spacial score (nSPS) is 11.8. The predicted molar refractivity (Wildman–Crippen MR) is 63.1 cm³/mol. The van der Waals surface area contributed by atoms with Crippen LogP contribution in [0.3, 0.4) is 0 Å². The van der Waals surface area contributed by atoms with E-state index in [-0.39, 0.29) is 18.7 Å². The Kier molecular flexibility index (Phi) is 5.01. The van der Waals surface area contributed by atoms with Crippen LogP contribution in [0.2, 0.25) is 0 Å². The molecule has 1 amide bonds. The van der Waals surface area contributed by atoms with Gasteiger partial charge in [0.15, 0.2) is 0 Å². The van der Waals surface area contributed by atoms with Crippen LogP contribution in [0, 0.1) is 0 Å². The third-order valence-corrected chi connectivity index (χ3v) is 2.23. The van der Waals surface area contributed by atoms with Crippen LogP contribution in [0.5, 0.6) is 0 Å². The third-order valence-electron chi connectivity index (χ3n) is 2.23. The zero-order chi connectivity index (χ0) is 14.4. The molecule has 0 radical (unpaired) electrons. The molecule has 0 aliphatic carbocycles. The number of H-pyrrole nitrogens is 2. The van der Waals surface area contributed by atoms with E-state index < -0.39 is 29.2 Å². The van der Waals surface area contributed by atoms with Gasteiger partial charge < -0.3 is 20.1 Å². The molecule has 9 nitrogen and oxygen atoms in total. The van der Waals surface area contributed by atoms with Gasteiger partial charge in [0.25, 0.3) is 11.5 Å². The second-order valence-electron chi connectivity index (χ2n) is 3.67. The number of carboxylic acid groups (broad SMARTS) is 1. The van der Waals surface area contributed by atoms with Crippen LogP contribution in [0.15, 0.2) is 15.7 Å². The Morgan fingerprint density at radius 1 is 1.42 bits per heavy atom. The first-order chi connectivity index (χ1) is 8.92. The van der Waals surface area contributed by atoms with Crippen LogP contribution in [0.1, 0.15) is 16.9 Å².